The summed E-state index contributed by atoms with van der Waals surface area (Å²) in [5.74, 6) is 1.12. The van der Waals surface area contributed by atoms with Crippen molar-refractivity contribution in [2.24, 2.45) is 11.8 Å². The Morgan fingerprint density at radius 2 is 1.86 bits per heavy atom. The summed E-state index contributed by atoms with van der Waals surface area (Å²) >= 11 is 0. The summed E-state index contributed by atoms with van der Waals surface area (Å²) < 4.78 is 38.8. The number of nitrogens with one attached hydrogen (secondary N) is 1. The maximum absolute atomic E-state index is 13.3. The molecule has 9 heteroatoms. The minimum atomic E-state index is -3.44. The van der Waals surface area contributed by atoms with Gasteiger partial charge in [0.15, 0.2) is 0 Å². The first kappa shape index (κ1) is 27.7. The van der Waals surface area contributed by atoms with Crippen LogP contribution in [0.3, 0.4) is 0 Å². The molecular weight excluding hydrogens is 466 g/mol. The molecule has 1 aliphatic heterocycles. The van der Waals surface area contributed by atoms with E-state index in [4.69, 9.17) is 9.47 Å². The molecule has 3 atom stereocenters. The Balaban J connectivity index is 1.91. The van der Waals surface area contributed by atoms with Crippen LogP contribution in [0, 0.1) is 11.8 Å². The number of ether oxygens (including phenoxy) is 2. The molecular formula is C26H43N3O5S. The van der Waals surface area contributed by atoms with Gasteiger partial charge in [-0.3, -0.25) is 14.4 Å². The molecule has 1 amide bonds. The molecule has 1 aromatic carbocycles. The van der Waals surface area contributed by atoms with Gasteiger partial charge in [0.05, 0.1) is 23.1 Å². The molecule has 3 rings (SSSR count). The van der Waals surface area contributed by atoms with Crippen LogP contribution < -0.4 is 9.46 Å². The first-order valence-electron chi connectivity index (χ1n) is 12.9. The Bertz CT molecular complexity index is 948. The molecule has 35 heavy (non-hydrogen) atoms. The minimum Gasteiger partial charge on any atom is -0.491 e. The van der Waals surface area contributed by atoms with Gasteiger partial charge in [0.1, 0.15) is 12.4 Å². The second-order valence-corrected chi connectivity index (χ2v) is 12.3. The number of benzene rings is 1. The number of carbonyl (C=O) groups is 1. The number of methoxy groups -OCH3 is 1. The zero-order valence-electron chi connectivity index (χ0n) is 22.0. The van der Waals surface area contributed by atoms with Crippen molar-refractivity contribution in [2.75, 3.05) is 50.9 Å². The predicted octanol–water partition coefficient (Wildman–Crippen LogP) is 3.83. The number of sulfonamides is 1. The molecule has 8 nitrogen and oxygen atoms in total. The minimum absolute atomic E-state index is 0.0314. The number of likely N-dealkylation sites (N-methyl/N-ethyl adjacent to an activating group) is 1. The van der Waals surface area contributed by atoms with Gasteiger partial charge in [0.25, 0.3) is 5.91 Å². The quantitative estimate of drug-likeness (QED) is 0.627. The molecule has 198 valence electrons. The molecule has 1 aromatic rings. The molecule has 1 aliphatic carbocycles. The molecule has 0 saturated heterocycles. The van der Waals surface area contributed by atoms with E-state index in [9.17, 15) is 13.2 Å². The lowest BCUT2D eigenvalue weighted by molar-refractivity contribution is 0.00690. The standard InChI is InChI=1S/C26H43N3O5S/c1-6-35(31,32)27-22-12-13-23-24(14-22)34-18-20(3)29(16-21-10-8-7-9-11-21)15-19(2)25(33-5)17-28(4)26(23)30/h12-14,19-21,25,27H,6-11,15-18H2,1-5H3/t19-,20-,25-/m1/s1. The Morgan fingerprint density at radius 1 is 1.14 bits per heavy atom. The van der Waals surface area contributed by atoms with E-state index in [1.807, 2.05) is 0 Å². The fraction of sp³-hybridized carbons (Fsp3) is 0.731. The molecule has 1 fully saturated rings. The Morgan fingerprint density at radius 3 is 2.51 bits per heavy atom. The molecule has 1 heterocycles. The smallest absolute Gasteiger partial charge is 0.257 e. The van der Waals surface area contributed by atoms with E-state index in [0.717, 1.165) is 13.1 Å². The van der Waals surface area contributed by atoms with E-state index in [-0.39, 0.29) is 29.7 Å². The highest BCUT2D eigenvalue weighted by atomic mass is 32.2. The summed E-state index contributed by atoms with van der Waals surface area (Å²) in [5, 5.41) is 0. The van der Waals surface area contributed by atoms with Gasteiger partial charge in [-0.05, 0) is 50.7 Å². The number of rotatable bonds is 6. The number of amides is 1. The van der Waals surface area contributed by atoms with Gasteiger partial charge in [0.2, 0.25) is 10.0 Å². The van der Waals surface area contributed by atoms with E-state index in [1.165, 1.54) is 32.1 Å². The monoisotopic (exact) mass is 509 g/mol. The Hall–Kier alpha value is -1.84. The maximum atomic E-state index is 13.3. The second-order valence-electron chi connectivity index (χ2n) is 10.3. The Kier molecular flexibility index (Phi) is 9.84. The van der Waals surface area contributed by atoms with Gasteiger partial charge in [-0.2, -0.15) is 0 Å². The van der Waals surface area contributed by atoms with Crippen molar-refractivity contribution in [2.45, 2.75) is 65.0 Å². The van der Waals surface area contributed by atoms with Crippen LogP contribution in [-0.4, -0.2) is 82.4 Å². The Labute approximate surface area is 211 Å². The third kappa shape index (κ3) is 7.57. The molecule has 0 aromatic heterocycles. The number of carbonyl (C=O) groups excluding carboxylic acids is 1. The molecule has 1 saturated carbocycles. The molecule has 0 unspecified atom stereocenters. The largest absolute Gasteiger partial charge is 0.491 e. The number of hydrogen-bond acceptors (Lipinski definition) is 6. The summed E-state index contributed by atoms with van der Waals surface area (Å²) in [6, 6.07) is 5.01. The summed E-state index contributed by atoms with van der Waals surface area (Å²) in [4.78, 5) is 17.5. The zero-order chi connectivity index (χ0) is 25.6. The van der Waals surface area contributed by atoms with Gasteiger partial charge < -0.3 is 14.4 Å². The summed E-state index contributed by atoms with van der Waals surface area (Å²) in [6.45, 7) is 8.71. The number of hydrogen-bond donors (Lipinski definition) is 1. The van der Waals surface area contributed by atoms with E-state index < -0.39 is 10.0 Å². The fourth-order valence-electron chi connectivity index (χ4n) is 5.12. The third-order valence-corrected chi connectivity index (χ3v) is 8.75. The lowest BCUT2D eigenvalue weighted by Crippen LogP contribution is -2.48. The van der Waals surface area contributed by atoms with E-state index in [2.05, 4.69) is 23.5 Å². The first-order chi connectivity index (χ1) is 16.6. The zero-order valence-corrected chi connectivity index (χ0v) is 22.8. The summed E-state index contributed by atoms with van der Waals surface area (Å²) in [6.07, 6.45) is 6.38. The summed E-state index contributed by atoms with van der Waals surface area (Å²) in [5.41, 5.74) is 0.810. The van der Waals surface area contributed by atoms with E-state index in [0.29, 0.717) is 36.1 Å². The van der Waals surface area contributed by atoms with Gasteiger partial charge in [-0.15, -0.1) is 0 Å². The first-order valence-corrected chi connectivity index (χ1v) is 14.6. The highest BCUT2D eigenvalue weighted by Gasteiger charge is 2.30. The van der Waals surface area contributed by atoms with Crippen LogP contribution >= 0.6 is 0 Å². The van der Waals surface area contributed by atoms with Crippen LogP contribution in [-0.2, 0) is 14.8 Å². The van der Waals surface area contributed by atoms with Crippen molar-refractivity contribution in [3.63, 3.8) is 0 Å². The van der Waals surface area contributed by atoms with Gasteiger partial charge in [0, 0.05) is 45.9 Å². The van der Waals surface area contributed by atoms with E-state index >= 15 is 0 Å². The average molecular weight is 510 g/mol. The van der Waals surface area contributed by atoms with Gasteiger partial charge >= 0.3 is 0 Å². The van der Waals surface area contributed by atoms with Crippen molar-refractivity contribution in [3.8, 4) is 5.75 Å². The topological polar surface area (TPSA) is 88.2 Å². The van der Waals surface area contributed by atoms with Crippen LogP contribution in [0.5, 0.6) is 5.75 Å². The fourth-order valence-corrected chi connectivity index (χ4v) is 5.75. The number of fused-ring (bicyclic) bond motifs is 1. The molecule has 0 radical (unpaired) electrons. The van der Waals surface area contributed by atoms with Crippen molar-refractivity contribution >= 4 is 21.6 Å². The third-order valence-electron chi connectivity index (χ3n) is 7.45. The molecule has 1 N–H and O–H groups in total. The van der Waals surface area contributed by atoms with Crippen LogP contribution in [0.4, 0.5) is 5.69 Å². The number of nitrogens with zero attached hydrogens (tertiary/aromatic N) is 2. The van der Waals surface area contributed by atoms with E-state index in [1.54, 1.807) is 44.2 Å². The number of anilines is 1. The molecule has 2 aliphatic rings. The van der Waals surface area contributed by atoms with Crippen LogP contribution in [0.25, 0.3) is 0 Å². The maximum Gasteiger partial charge on any atom is 0.257 e. The normalized spacial score (nSPS) is 25.8. The van der Waals surface area contributed by atoms with Crippen molar-refractivity contribution in [3.05, 3.63) is 23.8 Å². The average Bonchev–Trinajstić information content (AvgIpc) is 2.84. The van der Waals surface area contributed by atoms with Gasteiger partial charge in [-0.25, -0.2) is 8.42 Å². The van der Waals surface area contributed by atoms with Crippen molar-refractivity contribution < 1.29 is 22.7 Å². The molecule has 0 bridgehead atoms. The highest BCUT2D eigenvalue weighted by Crippen LogP contribution is 2.29. The predicted molar refractivity (Wildman–Crippen MR) is 140 cm³/mol. The highest BCUT2D eigenvalue weighted by molar-refractivity contribution is 7.92. The SMILES string of the molecule is CCS(=O)(=O)Nc1ccc2c(c1)OC[C@@H](C)N(CC1CCCCC1)C[C@@H](C)[C@H](OC)CN(C)C2=O. The van der Waals surface area contributed by atoms with Gasteiger partial charge in [-0.1, -0.05) is 26.2 Å². The van der Waals surface area contributed by atoms with Crippen LogP contribution in [0.15, 0.2) is 18.2 Å². The second kappa shape index (κ2) is 12.4. The lowest BCUT2D eigenvalue weighted by Gasteiger charge is -2.38. The summed E-state index contributed by atoms with van der Waals surface area (Å²) in [7, 11) is 0.0405. The van der Waals surface area contributed by atoms with Crippen molar-refractivity contribution in [1.29, 1.82) is 0 Å². The van der Waals surface area contributed by atoms with Crippen LogP contribution in [0.1, 0.15) is 63.2 Å². The lowest BCUT2D eigenvalue weighted by atomic mass is 9.88. The van der Waals surface area contributed by atoms with Crippen molar-refractivity contribution in [1.82, 2.24) is 9.80 Å². The van der Waals surface area contributed by atoms with Crippen LogP contribution in [0.2, 0.25) is 0 Å². The molecule has 0 spiro atoms.